The van der Waals surface area contributed by atoms with Crippen molar-refractivity contribution in [3.05, 3.63) is 47.3 Å². The maximum Gasteiger partial charge on any atom is 0.0762 e. The molecule has 1 aromatic heterocycles. The maximum atomic E-state index is 4.37. The topological polar surface area (TPSA) is 33.1 Å². The van der Waals surface area contributed by atoms with Gasteiger partial charge < -0.3 is 10.2 Å². The molecule has 1 aliphatic rings. The van der Waals surface area contributed by atoms with Crippen molar-refractivity contribution in [1.82, 2.24) is 15.1 Å². The summed E-state index contributed by atoms with van der Waals surface area (Å²) >= 11 is 0. The zero-order valence-corrected chi connectivity index (χ0v) is 12.3. The molecule has 0 aliphatic carbocycles. The van der Waals surface area contributed by atoms with Crippen LogP contribution in [0.4, 0.5) is 5.69 Å². The molecular formula is C16H22N4. The fraction of sp³-hybridized carbons (Fsp3) is 0.438. The van der Waals surface area contributed by atoms with E-state index in [1.54, 1.807) is 0 Å². The molecule has 0 radical (unpaired) electrons. The number of fused-ring (bicyclic) bond motifs is 1. The molecule has 2 heterocycles. The molecule has 106 valence electrons. The standard InChI is InChI=1S/C16H22N4/c1-19-8-3-4-14-10-13(5-6-16(14)19)11-17-12-15-7-9-20(2)18-15/h5-7,9-10,17H,3-4,8,11-12H2,1-2H3. The van der Waals surface area contributed by atoms with Crippen LogP contribution < -0.4 is 10.2 Å². The molecule has 1 N–H and O–H groups in total. The molecule has 1 aliphatic heterocycles. The monoisotopic (exact) mass is 270 g/mol. The number of aryl methyl sites for hydroxylation is 2. The highest BCUT2D eigenvalue weighted by molar-refractivity contribution is 5.56. The van der Waals surface area contributed by atoms with E-state index in [0.29, 0.717) is 0 Å². The molecule has 0 fully saturated rings. The zero-order chi connectivity index (χ0) is 13.9. The van der Waals surface area contributed by atoms with Gasteiger partial charge in [0.05, 0.1) is 5.69 Å². The van der Waals surface area contributed by atoms with Crippen LogP contribution in [0.25, 0.3) is 0 Å². The van der Waals surface area contributed by atoms with Crippen LogP contribution >= 0.6 is 0 Å². The smallest absolute Gasteiger partial charge is 0.0762 e. The van der Waals surface area contributed by atoms with Crippen LogP contribution in [0.15, 0.2) is 30.5 Å². The lowest BCUT2D eigenvalue weighted by Crippen LogP contribution is -2.24. The van der Waals surface area contributed by atoms with Crippen molar-refractivity contribution >= 4 is 5.69 Å². The minimum absolute atomic E-state index is 0.817. The number of nitrogens with zero attached hydrogens (tertiary/aromatic N) is 3. The van der Waals surface area contributed by atoms with Gasteiger partial charge in [-0.3, -0.25) is 4.68 Å². The molecule has 0 saturated heterocycles. The highest BCUT2D eigenvalue weighted by Crippen LogP contribution is 2.26. The van der Waals surface area contributed by atoms with Gasteiger partial charge in [-0.05, 0) is 36.1 Å². The molecular weight excluding hydrogens is 248 g/mol. The van der Waals surface area contributed by atoms with Crippen molar-refractivity contribution in [2.45, 2.75) is 25.9 Å². The molecule has 4 nitrogen and oxygen atoms in total. The van der Waals surface area contributed by atoms with Gasteiger partial charge in [0.1, 0.15) is 0 Å². The third kappa shape index (κ3) is 2.85. The molecule has 2 aromatic rings. The fourth-order valence-electron chi connectivity index (χ4n) is 2.84. The molecule has 20 heavy (non-hydrogen) atoms. The lowest BCUT2D eigenvalue weighted by atomic mass is 9.99. The van der Waals surface area contributed by atoms with E-state index in [4.69, 9.17) is 0 Å². The Morgan fingerprint density at radius 1 is 1.20 bits per heavy atom. The molecule has 4 heteroatoms. The highest BCUT2D eigenvalue weighted by atomic mass is 15.3. The van der Waals surface area contributed by atoms with Gasteiger partial charge in [-0.15, -0.1) is 0 Å². The zero-order valence-electron chi connectivity index (χ0n) is 12.3. The summed E-state index contributed by atoms with van der Waals surface area (Å²) in [6, 6.07) is 8.88. The predicted octanol–water partition coefficient (Wildman–Crippen LogP) is 2.09. The highest BCUT2D eigenvalue weighted by Gasteiger charge is 2.13. The van der Waals surface area contributed by atoms with E-state index in [0.717, 1.165) is 18.8 Å². The van der Waals surface area contributed by atoms with Crippen molar-refractivity contribution in [3.63, 3.8) is 0 Å². The minimum atomic E-state index is 0.817. The summed E-state index contributed by atoms with van der Waals surface area (Å²) in [7, 11) is 4.13. The Kier molecular flexibility index (Phi) is 3.74. The van der Waals surface area contributed by atoms with Gasteiger partial charge in [0, 0.05) is 45.6 Å². The average molecular weight is 270 g/mol. The van der Waals surface area contributed by atoms with E-state index in [2.05, 4.69) is 46.6 Å². The van der Waals surface area contributed by atoms with Crippen LogP contribution in [-0.4, -0.2) is 23.4 Å². The first-order chi connectivity index (χ1) is 9.72. The van der Waals surface area contributed by atoms with Gasteiger partial charge in [0.25, 0.3) is 0 Å². The molecule has 0 unspecified atom stereocenters. The van der Waals surface area contributed by atoms with Gasteiger partial charge in [0.15, 0.2) is 0 Å². The number of hydrogen-bond donors (Lipinski definition) is 1. The second-order valence-corrected chi connectivity index (χ2v) is 5.57. The van der Waals surface area contributed by atoms with Crippen LogP contribution in [0.1, 0.15) is 23.2 Å². The second-order valence-electron chi connectivity index (χ2n) is 5.57. The quantitative estimate of drug-likeness (QED) is 0.923. The Morgan fingerprint density at radius 3 is 2.90 bits per heavy atom. The fourth-order valence-corrected chi connectivity index (χ4v) is 2.84. The maximum absolute atomic E-state index is 4.37. The number of aromatic nitrogens is 2. The summed E-state index contributed by atoms with van der Waals surface area (Å²) in [4.78, 5) is 2.35. The number of hydrogen-bond acceptors (Lipinski definition) is 3. The van der Waals surface area contributed by atoms with Gasteiger partial charge >= 0.3 is 0 Å². The van der Waals surface area contributed by atoms with E-state index < -0.39 is 0 Å². The van der Waals surface area contributed by atoms with E-state index in [-0.39, 0.29) is 0 Å². The Morgan fingerprint density at radius 2 is 2.10 bits per heavy atom. The SMILES string of the molecule is CN1CCCc2cc(CNCc3ccn(C)n3)ccc21. The molecule has 1 aromatic carbocycles. The van der Waals surface area contributed by atoms with Crippen LogP contribution in [0.2, 0.25) is 0 Å². The van der Waals surface area contributed by atoms with Crippen LogP contribution in [0.5, 0.6) is 0 Å². The third-order valence-electron chi connectivity index (χ3n) is 3.90. The summed E-state index contributed by atoms with van der Waals surface area (Å²) in [5, 5.41) is 7.83. The Balaban J connectivity index is 1.60. The Labute approximate surface area is 120 Å². The number of benzene rings is 1. The van der Waals surface area contributed by atoms with E-state index in [9.17, 15) is 0 Å². The summed E-state index contributed by atoms with van der Waals surface area (Å²) in [6.07, 6.45) is 4.44. The van der Waals surface area contributed by atoms with Crippen molar-refractivity contribution in [2.75, 3.05) is 18.5 Å². The van der Waals surface area contributed by atoms with Gasteiger partial charge in [-0.25, -0.2) is 0 Å². The third-order valence-corrected chi connectivity index (χ3v) is 3.90. The molecule has 0 bridgehead atoms. The number of rotatable bonds is 4. The molecule has 0 spiro atoms. The van der Waals surface area contributed by atoms with Gasteiger partial charge in [-0.2, -0.15) is 5.10 Å². The molecule has 0 saturated carbocycles. The lowest BCUT2D eigenvalue weighted by Gasteiger charge is -2.27. The number of anilines is 1. The van der Waals surface area contributed by atoms with E-state index in [1.165, 1.54) is 36.2 Å². The summed E-state index contributed by atoms with van der Waals surface area (Å²) in [6.45, 7) is 2.88. The van der Waals surface area contributed by atoms with Gasteiger partial charge in [0.2, 0.25) is 0 Å². The first kappa shape index (κ1) is 13.2. The van der Waals surface area contributed by atoms with Crippen molar-refractivity contribution < 1.29 is 0 Å². The largest absolute Gasteiger partial charge is 0.374 e. The first-order valence-electron chi connectivity index (χ1n) is 7.24. The van der Waals surface area contributed by atoms with E-state index in [1.807, 2.05) is 17.9 Å². The molecule has 0 amide bonds. The lowest BCUT2D eigenvalue weighted by molar-refractivity contribution is 0.655. The summed E-state index contributed by atoms with van der Waals surface area (Å²) in [5.74, 6) is 0. The van der Waals surface area contributed by atoms with Crippen LogP contribution in [-0.2, 0) is 26.6 Å². The van der Waals surface area contributed by atoms with Crippen molar-refractivity contribution in [1.29, 1.82) is 0 Å². The van der Waals surface area contributed by atoms with Crippen molar-refractivity contribution in [3.8, 4) is 0 Å². The van der Waals surface area contributed by atoms with Gasteiger partial charge in [-0.1, -0.05) is 12.1 Å². The molecule has 3 rings (SSSR count). The summed E-state index contributed by atoms with van der Waals surface area (Å²) < 4.78 is 1.84. The second kappa shape index (κ2) is 5.67. The summed E-state index contributed by atoms with van der Waals surface area (Å²) in [5.41, 5.74) is 5.32. The van der Waals surface area contributed by atoms with E-state index >= 15 is 0 Å². The minimum Gasteiger partial charge on any atom is -0.374 e. The normalized spacial score (nSPS) is 14.4. The predicted molar refractivity (Wildman–Crippen MR) is 81.8 cm³/mol. The molecule has 0 atom stereocenters. The number of nitrogens with one attached hydrogen (secondary N) is 1. The Hall–Kier alpha value is -1.81. The van der Waals surface area contributed by atoms with Crippen LogP contribution in [0, 0.1) is 0 Å². The first-order valence-corrected chi connectivity index (χ1v) is 7.24. The average Bonchev–Trinajstić information content (AvgIpc) is 2.85. The van der Waals surface area contributed by atoms with Crippen LogP contribution in [0.3, 0.4) is 0 Å². The van der Waals surface area contributed by atoms with Crippen molar-refractivity contribution in [2.24, 2.45) is 7.05 Å². The Bertz CT molecular complexity index is 588.